The molecule has 0 saturated heterocycles. The van der Waals surface area contributed by atoms with Gasteiger partial charge in [-0.1, -0.05) is 12.1 Å². The van der Waals surface area contributed by atoms with Crippen molar-refractivity contribution in [2.75, 3.05) is 5.32 Å². The Labute approximate surface area is 97.2 Å². The fraction of sp³-hybridized carbons (Fsp3) is 0.0833. The molecule has 0 aliphatic carbocycles. The van der Waals surface area contributed by atoms with Crippen molar-refractivity contribution >= 4 is 11.6 Å². The van der Waals surface area contributed by atoms with Gasteiger partial charge in [-0.05, 0) is 18.2 Å². The van der Waals surface area contributed by atoms with Crippen LogP contribution in [-0.4, -0.2) is 16.2 Å². The molecule has 0 spiro atoms. The second-order valence-corrected chi connectivity index (χ2v) is 3.80. The van der Waals surface area contributed by atoms with Gasteiger partial charge in [0.05, 0.1) is 18.1 Å². The molecule has 2 heterocycles. The monoisotopic (exact) mass is 230 g/mol. The molecule has 1 aliphatic rings. The zero-order chi connectivity index (χ0) is 11.8. The summed E-state index contributed by atoms with van der Waals surface area (Å²) in [5.74, 6) is -0.425. The average Bonchev–Trinajstić information content (AvgIpc) is 2.87. The topological polar surface area (TPSA) is 65.7 Å². The van der Waals surface area contributed by atoms with Gasteiger partial charge in [-0.3, -0.25) is 10.0 Å². The number of hydrogen-bond acceptors (Lipinski definition) is 4. The Bertz CT molecular complexity index is 551. The Balaban J connectivity index is 2.05. The molecule has 0 radical (unpaired) electrons. The first-order valence-corrected chi connectivity index (χ1v) is 5.17. The molecular weight excluding hydrogens is 220 g/mol. The minimum absolute atomic E-state index is 0.425. The molecule has 0 fully saturated rings. The highest BCUT2D eigenvalue weighted by molar-refractivity contribution is 6.00. The summed E-state index contributed by atoms with van der Waals surface area (Å²) in [6.45, 7) is 0. The quantitative estimate of drug-likeness (QED) is 0.737. The third kappa shape index (κ3) is 1.48. The molecule has 0 bridgehead atoms. The highest BCUT2D eigenvalue weighted by Crippen LogP contribution is 2.31. The fourth-order valence-electron chi connectivity index (χ4n) is 1.90. The van der Waals surface area contributed by atoms with E-state index in [0.717, 1.165) is 0 Å². The molecule has 1 aromatic carbocycles. The smallest absolute Gasteiger partial charge is 0.281 e. The van der Waals surface area contributed by atoms with Gasteiger partial charge in [0.2, 0.25) is 0 Å². The third-order valence-electron chi connectivity index (χ3n) is 2.76. The van der Waals surface area contributed by atoms with Crippen LogP contribution in [0.5, 0.6) is 0 Å². The number of hydrogen-bond donors (Lipinski definition) is 2. The lowest BCUT2D eigenvalue weighted by atomic mass is 10.1. The van der Waals surface area contributed by atoms with Crippen molar-refractivity contribution in [2.45, 2.75) is 6.17 Å². The number of anilines is 1. The molecule has 1 atom stereocenters. The van der Waals surface area contributed by atoms with E-state index in [0.29, 0.717) is 21.9 Å². The number of carbonyl (C=O) groups excluding carboxylic acids is 1. The zero-order valence-corrected chi connectivity index (χ0v) is 8.83. The van der Waals surface area contributed by atoms with Crippen LogP contribution in [-0.2, 0) is 0 Å². The number of rotatable bonds is 1. The van der Waals surface area contributed by atoms with Gasteiger partial charge in [0.1, 0.15) is 0 Å². The summed E-state index contributed by atoms with van der Waals surface area (Å²) in [4.78, 5) is 11.9. The van der Waals surface area contributed by atoms with Gasteiger partial charge in [-0.2, -0.15) is 5.06 Å². The van der Waals surface area contributed by atoms with Crippen LogP contribution in [0.15, 0.2) is 47.3 Å². The summed E-state index contributed by atoms with van der Waals surface area (Å²) in [7, 11) is 0. The Morgan fingerprint density at radius 3 is 2.88 bits per heavy atom. The molecule has 5 nitrogen and oxygen atoms in total. The number of carbonyl (C=O) groups is 1. The number of hydroxylamine groups is 2. The summed E-state index contributed by atoms with van der Waals surface area (Å²) in [6, 6.07) is 8.75. The Kier molecular flexibility index (Phi) is 2.12. The van der Waals surface area contributed by atoms with Gasteiger partial charge in [-0.25, -0.2) is 0 Å². The number of amides is 1. The molecule has 5 heteroatoms. The Hall–Kier alpha value is -2.27. The fourth-order valence-corrected chi connectivity index (χ4v) is 1.90. The lowest BCUT2D eigenvalue weighted by Gasteiger charge is -2.32. The van der Waals surface area contributed by atoms with Crippen molar-refractivity contribution in [3.05, 3.63) is 54.0 Å². The van der Waals surface area contributed by atoms with Crippen LogP contribution in [0.1, 0.15) is 22.1 Å². The summed E-state index contributed by atoms with van der Waals surface area (Å²) < 4.78 is 4.95. The van der Waals surface area contributed by atoms with Crippen LogP contribution >= 0.6 is 0 Å². The normalized spacial score (nSPS) is 18.8. The maximum atomic E-state index is 11.9. The van der Waals surface area contributed by atoms with Crippen molar-refractivity contribution in [1.29, 1.82) is 0 Å². The van der Waals surface area contributed by atoms with E-state index in [4.69, 9.17) is 4.42 Å². The molecule has 2 aromatic rings. The molecule has 2 N–H and O–H groups in total. The predicted octanol–water partition coefficient (Wildman–Crippen LogP) is 2.24. The predicted molar refractivity (Wildman–Crippen MR) is 59.5 cm³/mol. The van der Waals surface area contributed by atoms with Gasteiger partial charge in [0, 0.05) is 11.3 Å². The second kappa shape index (κ2) is 3.64. The standard InChI is InChI=1S/C12H10N2O3/c15-12-9-3-1-2-4-10(9)13-11(14(12)16)8-5-6-17-7-8/h1-7,11,13,16H/t11-/m1/s1. The minimum Gasteiger partial charge on any atom is -0.472 e. The van der Waals surface area contributed by atoms with Gasteiger partial charge < -0.3 is 9.73 Å². The van der Waals surface area contributed by atoms with Crippen LogP contribution in [0.2, 0.25) is 0 Å². The lowest BCUT2D eigenvalue weighted by molar-refractivity contribution is -0.0852. The van der Waals surface area contributed by atoms with Crippen molar-refractivity contribution in [3.63, 3.8) is 0 Å². The molecule has 0 saturated carbocycles. The second-order valence-electron chi connectivity index (χ2n) is 3.80. The lowest BCUT2D eigenvalue weighted by Crippen LogP contribution is -2.40. The van der Waals surface area contributed by atoms with E-state index in [1.807, 2.05) is 6.07 Å². The Morgan fingerprint density at radius 2 is 2.12 bits per heavy atom. The van der Waals surface area contributed by atoms with E-state index in [1.165, 1.54) is 12.5 Å². The highest BCUT2D eigenvalue weighted by atomic mass is 16.5. The average molecular weight is 230 g/mol. The molecule has 1 aliphatic heterocycles. The maximum Gasteiger partial charge on any atom is 0.281 e. The first-order chi connectivity index (χ1) is 8.27. The van der Waals surface area contributed by atoms with Crippen molar-refractivity contribution in [3.8, 4) is 0 Å². The third-order valence-corrected chi connectivity index (χ3v) is 2.76. The minimum atomic E-state index is -0.615. The van der Waals surface area contributed by atoms with Gasteiger partial charge in [0.15, 0.2) is 6.17 Å². The SMILES string of the molecule is O=C1c2ccccc2N[C@@H](c2ccoc2)N1O. The van der Waals surface area contributed by atoms with Crippen LogP contribution in [0.3, 0.4) is 0 Å². The molecule has 17 heavy (non-hydrogen) atoms. The highest BCUT2D eigenvalue weighted by Gasteiger charge is 2.32. The van der Waals surface area contributed by atoms with Gasteiger partial charge in [-0.15, -0.1) is 0 Å². The number of furan rings is 1. The summed E-state index contributed by atoms with van der Waals surface area (Å²) in [5.41, 5.74) is 1.85. The van der Waals surface area contributed by atoms with E-state index in [2.05, 4.69) is 5.32 Å². The van der Waals surface area contributed by atoms with Crippen LogP contribution in [0, 0.1) is 0 Å². The van der Waals surface area contributed by atoms with Crippen molar-refractivity contribution in [2.24, 2.45) is 0 Å². The van der Waals surface area contributed by atoms with Crippen molar-refractivity contribution in [1.82, 2.24) is 5.06 Å². The molecule has 0 unspecified atom stereocenters. The number of para-hydroxylation sites is 1. The van der Waals surface area contributed by atoms with E-state index >= 15 is 0 Å². The van der Waals surface area contributed by atoms with Gasteiger partial charge >= 0.3 is 0 Å². The molecule has 1 amide bonds. The number of nitrogens with zero attached hydrogens (tertiary/aromatic N) is 1. The summed E-state index contributed by atoms with van der Waals surface area (Å²) >= 11 is 0. The molecule has 3 rings (SSSR count). The number of nitrogens with one attached hydrogen (secondary N) is 1. The molecule has 86 valence electrons. The first-order valence-electron chi connectivity index (χ1n) is 5.17. The van der Waals surface area contributed by atoms with Crippen LogP contribution in [0.25, 0.3) is 0 Å². The maximum absolute atomic E-state index is 11.9. The van der Waals surface area contributed by atoms with Gasteiger partial charge in [0.25, 0.3) is 5.91 Å². The van der Waals surface area contributed by atoms with E-state index < -0.39 is 12.1 Å². The number of fused-ring (bicyclic) bond motifs is 1. The zero-order valence-electron chi connectivity index (χ0n) is 8.83. The van der Waals surface area contributed by atoms with E-state index in [-0.39, 0.29) is 0 Å². The Morgan fingerprint density at radius 1 is 1.29 bits per heavy atom. The van der Waals surface area contributed by atoms with Crippen LogP contribution < -0.4 is 5.32 Å². The number of benzene rings is 1. The first kappa shape index (κ1) is 9.92. The van der Waals surface area contributed by atoms with Crippen LogP contribution in [0.4, 0.5) is 5.69 Å². The molecule has 1 aromatic heterocycles. The summed E-state index contributed by atoms with van der Waals surface area (Å²) in [5, 5.41) is 13.6. The molecular formula is C12H10N2O3. The van der Waals surface area contributed by atoms with E-state index in [9.17, 15) is 10.0 Å². The largest absolute Gasteiger partial charge is 0.472 e. The van der Waals surface area contributed by atoms with Crippen molar-refractivity contribution < 1.29 is 14.4 Å². The summed E-state index contributed by atoms with van der Waals surface area (Å²) in [6.07, 6.45) is 2.37. The van der Waals surface area contributed by atoms with E-state index in [1.54, 1.807) is 24.3 Å².